The Morgan fingerprint density at radius 3 is 2.24 bits per heavy atom. The number of halogens is 2. The lowest BCUT2D eigenvalue weighted by atomic mass is 9.97. The summed E-state index contributed by atoms with van der Waals surface area (Å²) in [5.74, 6) is -2.25. The average molecular weight is 480 g/mol. The molecular formula is C24H31F2N3O3S. The van der Waals surface area contributed by atoms with Crippen LogP contribution in [0.4, 0.5) is 8.78 Å². The Balaban J connectivity index is 1.51. The molecule has 0 unspecified atom stereocenters. The van der Waals surface area contributed by atoms with Crippen LogP contribution in [0, 0.1) is 17.6 Å². The summed E-state index contributed by atoms with van der Waals surface area (Å²) < 4.78 is 53.9. The van der Waals surface area contributed by atoms with Crippen molar-refractivity contribution in [2.45, 2.75) is 44.7 Å². The zero-order chi connectivity index (χ0) is 24.0. The fraction of sp³-hybridized carbons (Fsp3) is 0.458. The maximum absolute atomic E-state index is 14.0. The van der Waals surface area contributed by atoms with Crippen molar-refractivity contribution in [3.05, 3.63) is 65.2 Å². The van der Waals surface area contributed by atoms with E-state index in [9.17, 15) is 22.0 Å². The van der Waals surface area contributed by atoms with Crippen molar-refractivity contribution in [3.63, 3.8) is 0 Å². The largest absolute Gasteiger partial charge is 0.352 e. The van der Waals surface area contributed by atoms with Gasteiger partial charge in [-0.15, -0.1) is 0 Å². The van der Waals surface area contributed by atoms with E-state index in [2.05, 4.69) is 36.2 Å². The summed E-state index contributed by atoms with van der Waals surface area (Å²) in [5.41, 5.74) is 2.21. The van der Waals surface area contributed by atoms with Gasteiger partial charge in [0.1, 0.15) is 16.5 Å². The molecule has 0 radical (unpaired) electrons. The molecule has 3 rings (SSSR count). The molecule has 0 saturated carbocycles. The number of hydrogen-bond acceptors (Lipinski definition) is 4. The first kappa shape index (κ1) is 25.3. The van der Waals surface area contributed by atoms with E-state index in [0.717, 1.165) is 41.6 Å². The Hall–Kier alpha value is -2.36. The highest BCUT2D eigenvalue weighted by Gasteiger charge is 2.33. The van der Waals surface area contributed by atoms with Crippen LogP contribution < -0.4 is 5.32 Å². The lowest BCUT2D eigenvalue weighted by Crippen LogP contribution is -2.43. The van der Waals surface area contributed by atoms with Gasteiger partial charge in [-0.3, -0.25) is 9.69 Å². The first-order valence-corrected chi connectivity index (χ1v) is 12.7. The quantitative estimate of drug-likeness (QED) is 0.598. The van der Waals surface area contributed by atoms with Gasteiger partial charge < -0.3 is 5.32 Å². The van der Waals surface area contributed by atoms with Gasteiger partial charge in [-0.25, -0.2) is 17.2 Å². The topological polar surface area (TPSA) is 69.7 Å². The summed E-state index contributed by atoms with van der Waals surface area (Å²) in [6, 6.07) is 10.5. The van der Waals surface area contributed by atoms with Crippen molar-refractivity contribution in [2.75, 3.05) is 26.2 Å². The molecule has 1 saturated heterocycles. The molecule has 2 aromatic rings. The van der Waals surface area contributed by atoms with Crippen LogP contribution in [0.5, 0.6) is 0 Å². The highest BCUT2D eigenvalue weighted by Crippen LogP contribution is 2.26. The summed E-state index contributed by atoms with van der Waals surface area (Å²) in [5, 5.41) is 2.93. The molecule has 1 fully saturated rings. The third kappa shape index (κ3) is 6.37. The minimum absolute atomic E-state index is 0.0798. The van der Waals surface area contributed by atoms with E-state index in [-0.39, 0.29) is 24.9 Å². The molecule has 1 aliphatic rings. The zero-order valence-electron chi connectivity index (χ0n) is 19.1. The molecule has 2 aromatic carbocycles. The standard InChI is InChI=1S/C24H31F2N3O3S/c1-3-28(4-2)17-19-7-5-18(6-8-19)16-27-24(30)20-11-13-29(14-12-20)33(31,32)23-15-21(25)9-10-22(23)26/h5-10,15,20H,3-4,11-14,16-17H2,1-2H3,(H,27,30). The number of amides is 1. The SMILES string of the molecule is CCN(CC)Cc1ccc(CNC(=O)C2CCN(S(=O)(=O)c3cc(F)ccc3F)CC2)cc1. The van der Waals surface area contributed by atoms with Crippen LogP contribution in [-0.2, 0) is 27.9 Å². The minimum atomic E-state index is -4.15. The van der Waals surface area contributed by atoms with Crippen LogP contribution in [0.3, 0.4) is 0 Å². The van der Waals surface area contributed by atoms with E-state index in [1.54, 1.807) is 0 Å². The Labute approximate surface area is 194 Å². The molecule has 1 N–H and O–H groups in total. The molecule has 33 heavy (non-hydrogen) atoms. The Morgan fingerprint density at radius 1 is 1.03 bits per heavy atom. The predicted octanol–water partition coefficient (Wildman–Crippen LogP) is 3.52. The van der Waals surface area contributed by atoms with Crippen LogP contribution in [-0.4, -0.2) is 49.7 Å². The van der Waals surface area contributed by atoms with Crippen LogP contribution in [0.15, 0.2) is 47.4 Å². The second kappa shape index (κ2) is 11.2. The summed E-state index contributed by atoms with van der Waals surface area (Å²) in [6.07, 6.45) is 0.648. The molecule has 0 aliphatic carbocycles. The van der Waals surface area contributed by atoms with E-state index in [1.165, 1.54) is 5.56 Å². The Morgan fingerprint density at radius 2 is 1.64 bits per heavy atom. The molecular weight excluding hydrogens is 448 g/mol. The highest BCUT2D eigenvalue weighted by molar-refractivity contribution is 7.89. The van der Waals surface area contributed by atoms with Crippen molar-refractivity contribution >= 4 is 15.9 Å². The van der Waals surface area contributed by atoms with Gasteiger partial charge in [0.05, 0.1) is 0 Å². The molecule has 9 heteroatoms. The molecule has 0 spiro atoms. The van der Waals surface area contributed by atoms with Crippen molar-refractivity contribution in [3.8, 4) is 0 Å². The number of nitrogens with zero attached hydrogens (tertiary/aromatic N) is 2. The van der Waals surface area contributed by atoms with Crippen molar-refractivity contribution in [1.82, 2.24) is 14.5 Å². The van der Waals surface area contributed by atoms with Crippen molar-refractivity contribution in [1.29, 1.82) is 0 Å². The number of piperidine rings is 1. The molecule has 0 atom stereocenters. The lowest BCUT2D eigenvalue weighted by Gasteiger charge is -2.30. The molecule has 1 aliphatic heterocycles. The minimum Gasteiger partial charge on any atom is -0.352 e. The van der Waals surface area contributed by atoms with Crippen molar-refractivity contribution in [2.24, 2.45) is 5.92 Å². The van der Waals surface area contributed by atoms with Gasteiger partial charge >= 0.3 is 0 Å². The lowest BCUT2D eigenvalue weighted by molar-refractivity contribution is -0.126. The maximum Gasteiger partial charge on any atom is 0.246 e. The number of carbonyl (C=O) groups excluding carboxylic acids is 1. The molecule has 6 nitrogen and oxygen atoms in total. The predicted molar refractivity (Wildman–Crippen MR) is 123 cm³/mol. The van der Waals surface area contributed by atoms with E-state index >= 15 is 0 Å². The van der Waals surface area contributed by atoms with Gasteiger partial charge in [0.25, 0.3) is 0 Å². The normalized spacial score (nSPS) is 15.7. The Kier molecular flexibility index (Phi) is 8.56. The number of rotatable bonds is 9. The molecule has 0 aromatic heterocycles. The third-order valence-electron chi connectivity index (χ3n) is 6.13. The van der Waals surface area contributed by atoms with Crippen LogP contribution in [0.2, 0.25) is 0 Å². The van der Waals surface area contributed by atoms with Gasteiger partial charge in [-0.05, 0) is 55.3 Å². The fourth-order valence-corrected chi connectivity index (χ4v) is 5.52. The van der Waals surface area contributed by atoms with Gasteiger partial charge in [0, 0.05) is 32.1 Å². The Bertz CT molecular complexity index is 1050. The van der Waals surface area contributed by atoms with E-state index in [0.29, 0.717) is 25.5 Å². The zero-order valence-corrected chi connectivity index (χ0v) is 19.9. The van der Waals surface area contributed by atoms with E-state index in [1.807, 2.05) is 12.1 Å². The molecule has 1 amide bonds. The van der Waals surface area contributed by atoms with Crippen LogP contribution in [0.25, 0.3) is 0 Å². The molecule has 0 bridgehead atoms. The number of hydrogen-bond donors (Lipinski definition) is 1. The van der Waals surface area contributed by atoms with E-state index < -0.39 is 26.6 Å². The van der Waals surface area contributed by atoms with Crippen LogP contribution >= 0.6 is 0 Å². The second-order valence-corrected chi connectivity index (χ2v) is 10.2. The number of sulfonamides is 1. The number of carbonyl (C=O) groups is 1. The van der Waals surface area contributed by atoms with Gasteiger partial charge in [0.15, 0.2) is 0 Å². The van der Waals surface area contributed by atoms with Gasteiger partial charge in [0.2, 0.25) is 15.9 Å². The monoisotopic (exact) mass is 479 g/mol. The third-order valence-corrected chi connectivity index (χ3v) is 8.04. The first-order chi connectivity index (χ1) is 15.7. The van der Waals surface area contributed by atoms with Gasteiger partial charge in [-0.1, -0.05) is 38.1 Å². The summed E-state index contributed by atoms with van der Waals surface area (Å²) in [7, 11) is -4.15. The highest BCUT2D eigenvalue weighted by atomic mass is 32.2. The first-order valence-electron chi connectivity index (χ1n) is 11.3. The van der Waals surface area contributed by atoms with E-state index in [4.69, 9.17) is 0 Å². The number of benzene rings is 2. The fourth-order valence-electron chi connectivity index (χ4n) is 3.97. The summed E-state index contributed by atoms with van der Waals surface area (Å²) >= 11 is 0. The van der Waals surface area contributed by atoms with Crippen LogP contribution in [0.1, 0.15) is 37.8 Å². The van der Waals surface area contributed by atoms with Crippen molar-refractivity contribution < 1.29 is 22.0 Å². The van der Waals surface area contributed by atoms with Gasteiger partial charge in [-0.2, -0.15) is 4.31 Å². The second-order valence-electron chi connectivity index (χ2n) is 8.25. The smallest absolute Gasteiger partial charge is 0.246 e. The maximum atomic E-state index is 14.0. The molecule has 1 heterocycles. The summed E-state index contributed by atoms with van der Waals surface area (Å²) in [4.78, 5) is 14.2. The number of nitrogens with one attached hydrogen (secondary N) is 1. The summed E-state index contributed by atoms with van der Waals surface area (Å²) in [6.45, 7) is 7.70. The average Bonchev–Trinajstić information content (AvgIpc) is 2.83. The molecule has 180 valence electrons.